The van der Waals surface area contributed by atoms with Gasteiger partial charge in [-0.15, -0.1) is 0 Å². The Bertz CT molecular complexity index is 578. The average Bonchev–Trinajstić information content (AvgIpc) is 2.36. The molecule has 0 fully saturated rings. The first-order chi connectivity index (χ1) is 8.74. The molecule has 0 amide bonds. The van der Waals surface area contributed by atoms with E-state index >= 15 is 0 Å². The number of hydrogen-bond acceptors (Lipinski definition) is 4. The normalized spacial score (nSPS) is 14.9. The summed E-state index contributed by atoms with van der Waals surface area (Å²) < 4.78 is 37.4. The van der Waals surface area contributed by atoms with Crippen LogP contribution in [-0.4, -0.2) is 36.5 Å². The van der Waals surface area contributed by atoms with Crippen molar-refractivity contribution in [3.05, 3.63) is 29.8 Å². The zero-order valence-electron chi connectivity index (χ0n) is 11.0. The smallest absolute Gasteiger partial charge is 0.240 e. The molecule has 0 aliphatic carbocycles. The molecule has 2 unspecified atom stereocenters. The van der Waals surface area contributed by atoms with E-state index in [-0.39, 0.29) is 22.5 Å². The number of sulfonamides is 1. The van der Waals surface area contributed by atoms with Gasteiger partial charge in [-0.2, -0.15) is 0 Å². The molecule has 1 aromatic rings. The summed E-state index contributed by atoms with van der Waals surface area (Å²) in [5.41, 5.74) is 0.460. The Morgan fingerprint density at radius 2 is 1.84 bits per heavy atom. The molecule has 0 aliphatic heterocycles. The third-order valence-corrected chi connectivity index (χ3v) is 5.44. The Labute approximate surface area is 115 Å². The molecule has 0 radical (unpaired) electrons. The van der Waals surface area contributed by atoms with E-state index in [1.165, 1.54) is 37.4 Å². The molecule has 7 heteroatoms. The molecular weight excluding hydrogens is 286 g/mol. The van der Waals surface area contributed by atoms with Crippen LogP contribution in [0.2, 0.25) is 0 Å². The van der Waals surface area contributed by atoms with Crippen LogP contribution in [0.1, 0.15) is 24.2 Å². The van der Waals surface area contributed by atoms with Crippen LogP contribution < -0.4 is 4.72 Å². The number of nitrogens with one attached hydrogen (secondary N) is 1. The number of carbonyl (C=O) groups is 1. The van der Waals surface area contributed by atoms with Crippen molar-refractivity contribution in [2.45, 2.75) is 24.0 Å². The van der Waals surface area contributed by atoms with Crippen LogP contribution in [0.4, 0.5) is 0 Å². The summed E-state index contributed by atoms with van der Waals surface area (Å²) in [5, 5.41) is -0.258. The van der Waals surface area contributed by atoms with Gasteiger partial charge in [0.15, 0.2) is 5.78 Å². The number of hydrogen-bond donors (Lipinski definition) is 1. The van der Waals surface area contributed by atoms with E-state index in [9.17, 15) is 17.4 Å². The van der Waals surface area contributed by atoms with Crippen molar-refractivity contribution >= 4 is 26.6 Å². The summed E-state index contributed by atoms with van der Waals surface area (Å²) in [4.78, 5) is 11.2. The van der Waals surface area contributed by atoms with Gasteiger partial charge in [-0.25, -0.2) is 13.1 Å². The minimum atomic E-state index is -3.63. The van der Waals surface area contributed by atoms with Crippen molar-refractivity contribution in [2.24, 2.45) is 0 Å². The Morgan fingerprint density at radius 1 is 1.32 bits per heavy atom. The maximum absolute atomic E-state index is 11.9. The first-order valence-corrected chi connectivity index (χ1v) is 8.77. The predicted octanol–water partition coefficient (Wildman–Crippen LogP) is 0.934. The largest absolute Gasteiger partial charge is 0.295 e. The SMILES string of the molecule is CC(=O)c1ccc(S(=O)(=O)NCC(C)S(C)=O)cc1. The standard InChI is InChI=1S/C12H17NO4S2/c1-9(18(3)15)8-13-19(16,17)12-6-4-11(5-7-12)10(2)14/h4-7,9,13H,8H2,1-3H3. The summed E-state index contributed by atoms with van der Waals surface area (Å²) >= 11 is 0. The number of Topliss-reactive ketones (excluding diaryl/α,β-unsaturated/α-hetero) is 1. The van der Waals surface area contributed by atoms with Crippen LogP contribution >= 0.6 is 0 Å². The highest BCUT2D eigenvalue weighted by molar-refractivity contribution is 7.89. The van der Waals surface area contributed by atoms with E-state index in [0.29, 0.717) is 5.56 Å². The molecule has 1 N–H and O–H groups in total. The maximum Gasteiger partial charge on any atom is 0.240 e. The van der Waals surface area contributed by atoms with Crippen molar-refractivity contribution in [1.82, 2.24) is 4.72 Å². The summed E-state index contributed by atoms with van der Waals surface area (Å²) in [6.45, 7) is 3.23. The third kappa shape index (κ3) is 4.52. The van der Waals surface area contributed by atoms with Crippen molar-refractivity contribution in [1.29, 1.82) is 0 Å². The summed E-state index contributed by atoms with van der Waals surface area (Å²) in [5.74, 6) is -0.119. The molecular formula is C12H17NO4S2. The molecule has 0 aromatic heterocycles. The van der Waals surface area contributed by atoms with E-state index in [0.717, 1.165) is 0 Å². The van der Waals surface area contributed by atoms with E-state index in [1.54, 1.807) is 6.92 Å². The van der Waals surface area contributed by atoms with Gasteiger partial charge in [0.1, 0.15) is 0 Å². The van der Waals surface area contributed by atoms with E-state index < -0.39 is 20.8 Å². The molecule has 0 saturated carbocycles. The first-order valence-electron chi connectivity index (χ1n) is 5.67. The fourth-order valence-corrected chi connectivity index (χ4v) is 2.85. The van der Waals surface area contributed by atoms with Crippen molar-refractivity contribution in [2.75, 3.05) is 12.8 Å². The van der Waals surface area contributed by atoms with Crippen LogP contribution in [-0.2, 0) is 20.8 Å². The number of ketones is 1. The zero-order chi connectivity index (χ0) is 14.6. The summed E-state index contributed by atoms with van der Waals surface area (Å²) in [6.07, 6.45) is 1.53. The minimum absolute atomic E-state index is 0.0894. The monoisotopic (exact) mass is 303 g/mol. The highest BCUT2D eigenvalue weighted by Crippen LogP contribution is 2.11. The lowest BCUT2D eigenvalue weighted by molar-refractivity contribution is 0.101. The van der Waals surface area contributed by atoms with Gasteiger partial charge in [0.2, 0.25) is 10.0 Å². The van der Waals surface area contributed by atoms with Crippen molar-refractivity contribution < 1.29 is 17.4 Å². The van der Waals surface area contributed by atoms with E-state index in [2.05, 4.69) is 4.72 Å². The molecule has 1 aromatic carbocycles. The van der Waals surface area contributed by atoms with Crippen LogP contribution in [0.15, 0.2) is 29.2 Å². The molecule has 106 valence electrons. The molecule has 0 saturated heterocycles. The van der Waals surface area contributed by atoms with Gasteiger partial charge in [0, 0.05) is 34.4 Å². The van der Waals surface area contributed by atoms with Gasteiger partial charge in [-0.3, -0.25) is 9.00 Å². The molecule has 0 aliphatic rings. The lowest BCUT2D eigenvalue weighted by Gasteiger charge is -2.10. The molecule has 2 atom stereocenters. The zero-order valence-corrected chi connectivity index (χ0v) is 12.7. The second-order valence-corrected chi connectivity index (χ2v) is 7.81. The molecule has 5 nitrogen and oxygen atoms in total. The van der Waals surface area contributed by atoms with Crippen LogP contribution in [0, 0.1) is 0 Å². The second kappa shape index (κ2) is 6.40. The van der Waals surface area contributed by atoms with E-state index in [1.807, 2.05) is 0 Å². The summed E-state index contributed by atoms with van der Waals surface area (Å²) in [6, 6.07) is 5.70. The first kappa shape index (κ1) is 16.0. The Morgan fingerprint density at radius 3 is 2.26 bits per heavy atom. The summed E-state index contributed by atoms with van der Waals surface area (Å²) in [7, 11) is -4.71. The maximum atomic E-state index is 11.9. The average molecular weight is 303 g/mol. The number of carbonyl (C=O) groups excluding carboxylic acids is 1. The lowest BCUT2D eigenvalue weighted by Crippen LogP contribution is -2.32. The van der Waals surface area contributed by atoms with Crippen LogP contribution in [0.3, 0.4) is 0 Å². The predicted molar refractivity (Wildman–Crippen MR) is 75.2 cm³/mol. The molecule has 0 spiro atoms. The van der Waals surface area contributed by atoms with E-state index in [4.69, 9.17) is 0 Å². The van der Waals surface area contributed by atoms with Gasteiger partial charge in [-0.1, -0.05) is 12.1 Å². The van der Waals surface area contributed by atoms with Crippen molar-refractivity contribution in [3.63, 3.8) is 0 Å². The van der Waals surface area contributed by atoms with Crippen LogP contribution in [0.25, 0.3) is 0 Å². The van der Waals surface area contributed by atoms with Crippen molar-refractivity contribution in [3.8, 4) is 0 Å². The number of benzene rings is 1. The van der Waals surface area contributed by atoms with Gasteiger partial charge < -0.3 is 0 Å². The highest BCUT2D eigenvalue weighted by atomic mass is 32.2. The third-order valence-electron chi connectivity index (χ3n) is 2.70. The van der Waals surface area contributed by atoms with Gasteiger partial charge in [0.25, 0.3) is 0 Å². The topological polar surface area (TPSA) is 80.3 Å². The minimum Gasteiger partial charge on any atom is -0.295 e. The van der Waals surface area contributed by atoms with Gasteiger partial charge in [-0.05, 0) is 26.0 Å². The Kier molecular flexibility index (Phi) is 5.39. The molecule has 1 rings (SSSR count). The van der Waals surface area contributed by atoms with Crippen LogP contribution in [0.5, 0.6) is 0 Å². The number of rotatable bonds is 6. The molecule has 0 bridgehead atoms. The Balaban J connectivity index is 2.83. The fourth-order valence-electron chi connectivity index (χ4n) is 1.30. The highest BCUT2D eigenvalue weighted by Gasteiger charge is 2.16. The van der Waals surface area contributed by atoms with Gasteiger partial charge in [0.05, 0.1) is 4.90 Å². The lowest BCUT2D eigenvalue weighted by atomic mass is 10.2. The quantitative estimate of drug-likeness (QED) is 0.793. The molecule has 0 heterocycles. The fraction of sp³-hybridized carbons (Fsp3) is 0.417. The van der Waals surface area contributed by atoms with Gasteiger partial charge >= 0.3 is 0 Å². The second-order valence-electron chi connectivity index (χ2n) is 4.24. The Hall–Kier alpha value is -1.05. The molecule has 19 heavy (non-hydrogen) atoms.